The highest BCUT2D eigenvalue weighted by Gasteiger charge is 2.39. The van der Waals surface area contributed by atoms with Crippen molar-refractivity contribution in [3.05, 3.63) is 30.1 Å². The molecule has 0 aliphatic heterocycles. The van der Waals surface area contributed by atoms with E-state index in [2.05, 4.69) is 50.3 Å². The Bertz CT molecular complexity index is 918. The fourth-order valence-corrected chi connectivity index (χ4v) is 4.96. The zero-order valence-corrected chi connectivity index (χ0v) is 18.4. The van der Waals surface area contributed by atoms with Crippen LogP contribution >= 0.6 is 0 Å². The summed E-state index contributed by atoms with van der Waals surface area (Å²) in [5, 5.41) is 7.09. The van der Waals surface area contributed by atoms with Crippen LogP contribution in [-0.2, 0) is 11.3 Å². The molecule has 3 unspecified atom stereocenters. The summed E-state index contributed by atoms with van der Waals surface area (Å²) in [5.74, 6) is 3.46. The van der Waals surface area contributed by atoms with Gasteiger partial charge in [-0.15, -0.1) is 0 Å². The molecule has 1 aromatic heterocycles. The third kappa shape index (κ3) is 4.60. The van der Waals surface area contributed by atoms with Gasteiger partial charge in [-0.3, -0.25) is 4.79 Å². The summed E-state index contributed by atoms with van der Waals surface area (Å²) in [6.45, 7) is 3.93. The first-order valence-corrected chi connectivity index (χ1v) is 11.2. The molecule has 162 valence electrons. The number of para-hydroxylation sites is 2. The third-order valence-electron chi connectivity index (χ3n) is 6.63. The van der Waals surface area contributed by atoms with Crippen LogP contribution in [-0.4, -0.2) is 59.5 Å². The van der Waals surface area contributed by atoms with E-state index in [0.29, 0.717) is 6.04 Å². The van der Waals surface area contributed by atoms with Gasteiger partial charge in [-0.2, -0.15) is 0 Å². The molecule has 2 N–H and O–H groups in total. The first-order valence-electron chi connectivity index (χ1n) is 11.2. The van der Waals surface area contributed by atoms with Gasteiger partial charge in [-0.05, 0) is 56.6 Å². The topological polar surface area (TPSA) is 74.5 Å². The van der Waals surface area contributed by atoms with Gasteiger partial charge in [0.1, 0.15) is 12.4 Å². The van der Waals surface area contributed by atoms with Crippen LogP contribution in [0.5, 0.6) is 0 Å². The number of likely N-dealkylation sites (N-methyl/N-ethyl adjacent to an activating group) is 1. The second kappa shape index (κ2) is 9.06. The predicted octanol–water partition coefficient (Wildman–Crippen LogP) is 2.55. The van der Waals surface area contributed by atoms with Crippen molar-refractivity contribution >= 4 is 22.9 Å². The minimum absolute atomic E-state index is 0.0181. The number of imidazole rings is 1. The monoisotopic (exact) mass is 410 g/mol. The number of hydrogen-bond donors (Lipinski definition) is 2. The Hall–Kier alpha value is -2.57. The molecule has 0 saturated heterocycles. The van der Waals surface area contributed by atoms with Gasteiger partial charge in [0.15, 0.2) is 5.96 Å². The van der Waals surface area contributed by atoms with Crippen molar-refractivity contribution in [2.75, 3.05) is 27.2 Å². The van der Waals surface area contributed by atoms with Crippen molar-refractivity contribution in [3.63, 3.8) is 0 Å². The lowest BCUT2D eigenvalue weighted by Crippen LogP contribution is -2.46. The molecule has 2 saturated carbocycles. The van der Waals surface area contributed by atoms with Crippen molar-refractivity contribution in [2.45, 2.75) is 51.6 Å². The third-order valence-corrected chi connectivity index (χ3v) is 6.63. The van der Waals surface area contributed by atoms with E-state index in [9.17, 15) is 4.79 Å². The Labute approximate surface area is 178 Å². The molecule has 1 amide bonds. The molecule has 7 heteroatoms. The van der Waals surface area contributed by atoms with E-state index in [4.69, 9.17) is 0 Å². The number of hydrogen-bond acceptors (Lipinski definition) is 3. The van der Waals surface area contributed by atoms with E-state index in [0.717, 1.165) is 48.6 Å². The highest BCUT2D eigenvalue weighted by molar-refractivity contribution is 5.85. The molecule has 0 radical (unpaired) electrons. The van der Waals surface area contributed by atoms with Gasteiger partial charge in [-0.1, -0.05) is 18.6 Å². The molecule has 2 aromatic rings. The van der Waals surface area contributed by atoms with E-state index >= 15 is 0 Å². The first-order chi connectivity index (χ1) is 14.5. The second-order valence-electron chi connectivity index (χ2n) is 8.96. The van der Waals surface area contributed by atoms with Crippen LogP contribution in [0.3, 0.4) is 0 Å². The predicted molar refractivity (Wildman–Crippen MR) is 120 cm³/mol. The molecule has 30 heavy (non-hydrogen) atoms. The number of fused-ring (bicyclic) bond motifs is 3. The molecule has 4 rings (SSSR count). The summed E-state index contributed by atoms with van der Waals surface area (Å²) in [7, 11) is 3.54. The Morgan fingerprint density at radius 3 is 2.83 bits per heavy atom. The number of carbonyl (C=O) groups excluding carboxylic acids is 1. The van der Waals surface area contributed by atoms with Gasteiger partial charge in [0, 0.05) is 33.2 Å². The lowest BCUT2D eigenvalue weighted by Gasteiger charge is -2.25. The zero-order chi connectivity index (χ0) is 21.1. The van der Waals surface area contributed by atoms with Gasteiger partial charge in [0.2, 0.25) is 5.91 Å². The highest BCUT2D eigenvalue weighted by atomic mass is 16.2. The second-order valence-corrected chi connectivity index (χ2v) is 8.96. The van der Waals surface area contributed by atoms with Gasteiger partial charge in [0.25, 0.3) is 0 Å². The molecule has 3 atom stereocenters. The molecule has 7 nitrogen and oxygen atoms in total. The van der Waals surface area contributed by atoms with Crippen molar-refractivity contribution in [1.29, 1.82) is 0 Å². The van der Waals surface area contributed by atoms with Crippen molar-refractivity contribution in [2.24, 2.45) is 16.8 Å². The maximum Gasteiger partial charge on any atom is 0.243 e. The van der Waals surface area contributed by atoms with Gasteiger partial charge in [-0.25, -0.2) is 9.98 Å². The fourth-order valence-electron chi connectivity index (χ4n) is 4.96. The van der Waals surface area contributed by atoms with Crippen LogP contribution in [0.4, 0.5) is 0 Å². The molecule has 2 aliphatic carbocycles. The number of nitrogens with one attached hydrogen (secondary N) is 2. The molecular weight excluding hydrogens is 376 g/mol. The van der Waals surface area contributed by atoms with Gasteiger partial charge in [0.05, 0.1) is 11.0 Å². The molecular formula is C23H34N6O. The summed E-state index contributed by atoms with van der Waals surface area (Å²) in [5.41, 5.74) is 2.23. The maximum absolute atomic E-state index is 12.0. The summed E-state index contributed by atoms with van der Waals surface area (Å²) in [6.07, 6.45) is 6.22. The number of amides is 1. The minimum atomic E-state index is 0.0181. The maximum atomic E-state index is 12.0. The Morgan fingerprint density at radius 2 is 2.10 bits per heavy atom. The number of nitrogens with zero attached hydrogens (tertiary/aromatic N) is 4. The number of aryl methyl sites for hydroxylation is 2. The standard InChI is InChI=1S/C23H34N6O/c1-16-26-19-7-4-5-8-21(19)29(16)12-6-11-24-23(25-15-22(30)28(2)3)27-20-14-17-9-10-18(20)13-17/h4-5,7-8,17-18,20H,6,9-15H2,1-3H3,(H2,24,25,27). The lowest BCUT2D eigenvalue weighted by atomic mass is 9.95. The Balaban J connectivity index is 1.34. The van der Waals surface area contributed by atoms with E-state index in [-0.39, 0.29) is 12.5 Å². The molecule has 1 heterocycles. The lowest BCUT2D eigenvalue weighted by molar-refractivity contribution is -0.127. The minimum Gasteiger partial charge on any atom is -0.356 e. The summed E-state index contributed by atoms with van der Waals surface area (Å²) < 4.78 is 2.27. The van der Waals surface area contributed by atoms with Crippen molar-refractivity contribution in [3.8, 4) is 0 Å². The van der Waals surface area contributed by atoms with E-state index in [1.165, 1.54) is 31.2 Å². The Kier molecular flexibility index (Phi) is 6.25. The van der Waals surface area contributed by atoms with Gasteiger partial charge < -0.3 is 20.1 Å². The number of benzene rings is 1. The number of rotatable bonds is 7. The number of guanidine groups is 1. The first kappa shape index (κ1) is 20.7. The Morgan fingerprint density at radius 1 is 1.27 bits per heavy atom. The number of carbonyl (C=O) groups is 1. The highest BCUT2D eigenvalue weighted by Crippen LogP contribution is 2.44. The van der Waals surface area contributed by atoms with Crippen LogP contribution in [0.15, 0.2) is 29.3 Å². The fraction of sp³-hybridized carbons (Fsp3) is 0.609. The summed E-state index contributed by atoms with van der Waals surface area (Å²) in [6, 6.07) is 8.76. The molecule has 2 aliphatic rings. The average molecular weight is 411 g/mol. The van der Waals surface area contributed by atoms with Crippen LogP contribution in [0.1, 0.15) is 37.9 Å². The largest absolute Gasteiger partial charge is 0.356 e. The number of aromatic nitrogens is 2. The molecule has 1 aromatic carbocycles. The van der Waals surface area contributed by atoms with Crippen molar-refractivity contribution in [1.82, 2.24) is 25.1 Å². The van der Waals surface area contributed by atoms with Crippen molar-refractivity contribution < 1.29 is 4.79 Å². The average Bonchev–Trinajstić information content (AvgIpc) is 3.43. The van der Waals surface area contributed by atoms with Crippen LogP contribution < -0.4 is 10.6 Å². The quantitative estimate of drug-likeness (QED) is 0.418. The molecule has 0 spiro atoms. The van der Waals surface area contributed by atoms with Gasteiger partial charge >= 0.3 is 0 Å². The van der Waals surface area contributed by atoms with E-state index < -0.39 is 0 Å². The normalized spacial score (nSPS) is 23.2. The smallest absolute Gasteiger partial charge is 0.243 e. The molecule has 2 bridgehead atoms. The zero-order valence-electron chi connectivity index (χ0n) is 18.4. The number of aliphatic imine (C=N–C) groups is 1. The summed E-state index contributed by atoms with van der Waals surface area (Å²) in [4.78, 5) is 22.8. The van der Waals surface area contributed by atoms with E-state index in [1.807, 2.05) is 6.07 Å². The van der Waals surface area contributed by atoms with E-state index in [1.54, 1.807) is 19.0 Å². The molecule has 2 fully saturated rings. The van der Waals surface area contributed by atoms with Crippen LogP contribution in [0.25, 0.3) is 11.0 Å². The van der Waals surface area contributed by atoms with Crippen LogP contribution in [0, 0.1) is 18.8 Å². The summed E-state index contributed by atoms with van der Waals surface area (Å²) >= 11 is 0. The SMILES string of the molecule is Cc1nc2ccccc2n1CCCNC(=NCC(=O)N(C)C)NC1CC2CCC1C2. The van der Waals surface area contributed by atoms with Crippen LogP contribution in [0.2, 0.25) is 0 Å².